The van der Waals surface area contributed by atoms with Gasteiger partial charge in [-0.3, -0.25) is 4.79 Å². The number of aryl methyl sites for hydroxylation is 1. The number of esters is 1. The number of ether oxygens (including phenoxy) is 1. The molecule has 0 unspecified atom stereocenters. The average Bonchev–Trinajstić information content (AvgIpc) is 2.93. The van der Waals surface area contributed by atoms with Gasteiger partial charge in [-0.2, -0.15) is 5.10 Å². The van der Waals surface area contributed by atoms with Crippen LogP contribution < -0.4 is 0 Å². The zero-order valence-corrected chi connectivity index (χ0v) is 16.9. The molecule has 8 heteroatoms. The van der Waals surface area contributed by atoms with Crippen LogP contribution in [0.25, 0.3) is 5.69 Å². The number of carbonyl (C=O) groups is 2. The Hall–Kier alpha value is -2.41. The first kappa shape index (κ1) is 20.3. The molecule has 2 heterocycles. The van der Waals surface area contributed by atoms with E-state index in [0.717, 1.165) is 6.42 Å². The number of likely N-dealkylation sites (tertiary alicyclic amines) is 1. The van der Waals surface area contributed by atoms with Crippen LogP contribution in [0.4, 0.5) is 4.39 Å². The highest BCUT2D eigenvalue weighted by atomic mass is 35.5. The molecule has 0 bridgehead atoms. The van der Waals surface area contributed by atoms with E-state index in [4.69, 9.17) is 16.3 Å². The molecule has 1 fully saturated rings. The van der Waals surface area contributed by atoms with Crippen LogP contribution in [0.1, 0.15) is 36.3 Å². The summed E-state index contributed by atoms with van der Waals surface area (Å²) in [5.41, 5.74) is 0.979. The fraction of sp³-hybridized carbons (Fsp3) is 0.450. The molecule has 1 aromatic carbocycles. The Bertz CT molecular complexity index is 872. The predicted octanol–water partition coefficient (Wildman–Crippen LogP) is 3.63. The lowest BCUT2D eigenvalue weighted by Gasteiger charge is -2.34. The highest BCUT2D eigenvalue weighted by Gasteiger charge is 2.27. The Morgan fingerprint density at radius 1 is 1.21 bits per heavy atom. The third kappa shape index (κ3) is 4.35. The molecular formula is C20H23ClFN3O3. The number of piperidine rings is 1. The molecule has 2 atom stereocenters. The molecular weight excluding hydrogens is 385 g/mol. The summed E-state index contributed by atoms with van der Waals surface area (Å²) in [5, 5.41) is 4.29. The minimum Gasteiger partial charge on any atom is -0.452 e. The molecule has 28 heavy (non-hydrogen) atoms. The van der Waals surface area contributed by atoms with Gasteiger partial charge in [0.15, 0.2) is 6.61 Å². The summed E-state index contributed by atoms with van der Waals surface area (Å²) in [7, 11) is 0. The maximum atomic E-state index is 13.1. The molecule has 0 N–H and O–H groups in total. The monoisotopic (exact) mass is 407 g/mol. The standard InChI is InChI=1S/C20H23ClFN3O3/c1-12-8-13(2)10-24(9-12)17(26)11-28-20(27)18-14(3)23-25(19(18)21)16-6-4-15(22)5-7-16/h4-7,12-13H,8-11H2,1-3H3/t12-,13+. The number of halogens is 2. The van der Waals surface area contributed by atoms with E-state index in [-0.39, 0.29) is 29.0 Å². The molecule has 0 aliphatic carbocycles. The summed E-state index contributed by atoms with van der Waals surface area (Å²) in [6, 6.07) is 5.57. The maximum absolute atomic E-state index is 13.1. The van der Waals surface area contributed by atoms with Crippen LogP contribution in [0.15, 0.2) is 24.3 Å². The van der Waals surface area contributed by atoms with Crippen LogP contribution in [-0.4, -0.2) is 46.3 Å². The molecule has 1 saturated heterocycles. The van der Waals surface area contributed by atoms with Gasteiger partial charge in [-0.05, 0) is 49.4 Å². The van der Waals surface area contributed by atoms with Crippen LogP contribution in [0.3, 0.4) is 0 Å². The van der Waals surface area contributed by atoms with Crippen molar-refractivity contribution in [2.24, 2.45) is 11.8 Å². The Balaban J connectivity index is 1.69. The van der Waals surface area contributed by atoms with Crippen LogP contribution in [0, 0.1) is 24.6 Å². The summed E-state index contributed by atoms with van der Waals surface area (Å²) in [6.07, 6.45) is 1.08. The van der Waals surface area contributed by atoms with Gasteiger partial charge in [0.2, 0.25) is 0 Å². The van der Waals surface area contributed by atoms with E-state index in [1.165, 1.54) is 28.9 Å². The van der Waals surface area contributed by atoms with Crippen molar-refractivity contribution in [1.29, 1.82) is 0 Å². The van der Waals surface area contributed by atoms with Crippen molar-refractivity contribution < 1.29 is 18.7 Å². The summed E-state index contributed by atoms with van der Waals surface area (Å²) in [5.74, 6) is -0.458. The molecule has 1 aromatic heterocycles. The molecule has 150 valence electrons. The van der Waals surface area contributed by atoms with Gasteiger partial charge in [0.1, 0.15) is 16.5 Å². The average molecular weight is 408 g/mol. The van der Waals surface area contributed by atoms with Crippen molar-refractivity contribution in [1.82, 2.24) is 14.7 Å². The number of hydrogen-bond donors (Lipinski definition) is 0. The minimum absolute atomic E-state index is 0.0572. The van der Waals surface area contributed by atoms with E-state index in [1.807, 2.05) is 0 Å². The van der Waals surface area contributed by atoms with E-state index >= 15 is 0 Å². The lowest BCUT2D eigenvalue weighted by atomic mass is 9.92. The number of benzene rings is 1. The van der Waals surface area contributed by atoms with Crippen LogP contribution in [-0.2, 0) is 9.53 Å². The Labute approximate surface area is 168 Å². The van der Waals surface area contributed by atoms with Gasteiger partial charge in [-0.25, -0.2) is 13.9 Å². The van der Waals surface area contributed by atoms with Crippen molar-refractivity contribution in [2.45, 2.75) is 27.2 Å². The zero-order valence-electron chi connectivity index (χ0n) is 16.1. The Morgan fingerprint density at radius 3 is 2.43 bits per heavy atom. The van der Waals surface area contributed by atoms with Crippen molar-refractivity contribution in [3.63, 3.8) is 0 Å². The smallest absolute Gasteiger partial charge is 0.343 e. The molecule has 1 aliphatic heterocycles. The largest absolute Gasteiger partial charge is 0.452 e. The number of hydrogen-bond acceptors (Lipinski definition) is 4. The molecule has 3 rings (SSSR count). The van der Waals surface area contributed by atoms with Gasteiger partial charge in [0, 0.05) is 13.1 Å². The van der Waals surface area contributed by atoms with Crippen molar-refractivity contribution >= 4 is 23.5 Å². The lowest BCUT2D eigenvalue weighted by molar-refractivity contribution is -0.137. The third-order valence-electron chi connectivity index (χ3n) is 4.83. The van der Waals surface area contributed by atoms with E-state index in [1.54, 1.807) is 11.8 Å². The number of aromatic nitrogens is 2. The van der Waals surface area contributed by atoms with Crippen LogP contribution >= 0.6 is 11.6 Å². The van der Waals surface area contributed by atoms with Gasteiger partial charge in [0.05, 0.1) is 11.4 Å². The second-order valence-electron chi connectivity index (χ2n) is 7.46. The summed E-state index contributed by atoms with van der Waals surface area (Å²) < 4.78 is 19.7. The first-order valence-electron chi connectivity index (χ1n) is 9.22. The van der Waals surface area contributed by atoms with E-state index in [9.17, 15) is 14.0 Å². The Morgan fingerprint density at radius 2 is 1.82 bits per heavy atom. The van der Waals surface area contributed by atoms with E-state index < -0.39 is 5.97 Å². The van der Waals surface area contributed by atoms with Gasteiger partial charge < -0.3 is 9.64 Å². The molecule has 0 radical (unpaired) electrons. The molecule has 1 amide bonds. The van der Waals surface area contributed by atoms with E-state index in [0.29, 0.717) is 36.3 Å². The number of amides is 1. The van der Waals surface area contributed by atoms with Crippen LogP contribution in [0.5, 0.6) is 0 Å². The first-order valence-corrected chi connectivity index (χ1v) is 9.60. The van der Waals surface area contributed by atoms with Crippen molar-refractivity contribution in [2.75, 3.05) is 19.7 Å². The zero-order chi connectivity index (χ0) is 20.4. The second kappa shape index (κ2) is 8.31. The SMILES string of the molecule is Cc1nn(-c2ccc(F)cc2)c(Cl)c1C(=O)OCC(=O)N1C[C@H](C)C[C@H](C)C1. The van der Waals surface area contributed by atoms with Crippen molar-refractivity contribution in [3.05, 3.63) is 46.5 Å². The minimum atomic E-state index is -0.706. The molecule has 0 spiro atoms. The Kier molecular flexibility index (Phi) is 6.03. The van der Waals surface area contributed by atoms with Gasteiger partial charge in [-0.1, -0.05) is 25.4 Å². The molecule has 1 aliphatic rings. The van der Waals surface area contributed by atoms with Crippen molar-refractivity contribution in [3.8, 4) is 5.69 Å². The highest BCUT2D eigenvalue weighted by Crippen LogP contribution is 2.25. The maximum Gasteiger partial charge on any atom is 0.343 e. The first-order chi connectivity index (χ1) is 13.3. The molecule has 0 saturated carbocycles. The summed E-state index contributed by atoms with van der Waals surface area (Å²) in [6.45, 7) is 6.84. The fourth-order valence-electron chi connectivity index (χ4n) is 3.64. The number of rotatable bonds is 4. The molecule has 2 aromatic rings. The van der Waals surface area contributed by atoms with Gasteiger partial charge >= 0.3 is 5.97 Å². The third-order valence-corrected chi connectivity index (χ3v) is 5.18. The fourth-order valence-corrected chi connectivity index (χ4v) is 3.99. The lowest BCUT2D eigenvalue weighted by Crippen LogP contribution is -2.44. The quantitative estimate of drug-likeness (QED) is 0.726. The summed E-state index contributed by atoms with van der Waals surface area (Å²) in [4.78, 5) is 26.7. The topological polar surface area (TPSA) is 64.4 Å². The van der Waals surface area contributed by atoms with Crippen LogP contribution in [0.2, 0.25) is 5.15 Å². The summed E-state index contributed by atoms with van der Waals surface area (Å²) >= 11 is 6.31. The van der Waals surface area contributed by atoms with Gasteiger partial charge in [0.25, 0.3) is 5.91 Å². The highest BCUT2D eigenvalue weighted by molar-refractivity contribution is 6.33. The second-order valence-corrected chi connectivity index (χ2v) is 7.82. The van der Waals surface area contributed by atoms with E-state index in [2.05, 4.69) is 18.9 Å². The molecule has 6 nitrogen and oxygen atoms in total. The number of carbonyl (C=O) groups excluding carboxylic acids is 2. The normalized spacial score (nSPS) is 19.5. The number of nitrogens with zero attached hydrogens (tertiary/aromatic N) is 3. The predicted molar refractivity (Wildman–Crippen MR) is 103 cm³/mol. The van der Waals surface area contributed by atoms with Gasteiger partial charge in [-0.15, -0.1) is 0 Å².